The zero-order chi connectivity index (χ0) is 38.6. The predicted octanol–water partition coefficient (Wildman–Crippen LogP) is 2.83. The van der Waals surface area contributed by atoms with Gasteiger partial charge in [-0.25, -0.2) is 0 Å². The van der Waals surface area contributed by atoms with E-state index in [2.05, 4.69) is 21.1 Å². The summed E-state index contributed by atoms with van der Waals surface area (Å²) in [6.45, 7) is 12.2. The van der Waals surface area contributed by atoms with Crippen LogP contribution in [-0.4, -0.2) is 102 Å². The minimum absolute atomic E-state index is 0.0444. The van der Waals surface area contributed by atoms with Crippen LogP contribution >= 0.6 is 0 Å². The maximum Gasteiger partial charge on any atom is 0.244 e. The highest BCUT2D eigenvalue weighted by molar-refractivity contribution is 6.02. The zero-order valence-corrected chi connectivity index (χ0v) is 31.8. The number of aryl methyl sites for hydroxylation is 1. The summed E-state index contributed by atoms with van der Waals surface area (Å²) < 4.78 is 11.0. The van der Waals surface area contributed by atoms with Crippen molar-refractivity contribution in [3.8, 4) is 0 Å². The lowest BCUT2D eigenvalue weighted by atomic mass is 9.73. The normalized spacial score (nSPS) is 20.5. The van der Waals surface area contributed by atoms with Crippen molar-refractivity contribution in [3.63, 3.8) is 0 Å². The first-order chi connectivity index (χ1) is 25.3. The number of nitrogens with zero attached hydrogens (tertiary/aromatic N) is 2. The third kappa shape index (κ3) is 11.8. The van der Waals surface area contributed by atoms with E-state index in [1.807, 2.05) is 93.3 Å². The van der Waals surface area contributed by atoms with E-state index in [4.69, 9.17) is 15.2 Å². The third-order valence-corrected chi connectivity index (χ3v) is 9.98. The summed E-state index contributed by atoms with van der Waals surface area (Å²) in [6, 6.07) is 17.1. The van der Waals surface area contributed by atoms with Crippen LogP contribution in [0.1, 0.15) is 65.0 Å². The van der Waals surface area contributed by atoms with E-state index in [0.717, 1.165) is 11.1 Å². The minimum Gasteiger partial charge on any atom is -0.411 e. The number of nitrogens with one attached hydrogen (secondary N) is 3. The number of carbonyl (C=O) groups excluding carboxylic acids is 4. The van der Waals surface area contributed by atoms with Crippen molar-refractivity contribution in [2.45, 2.75) is 89.9 Å². The summed E-state index contributed by atoms with van der Waals surface area (Å²) in [6.07, 6.45) is 1.25. The molecular weight excluding hydrogens is 676 g/mol. The second kappa shape index (κ2) is 19.1. The second-order valence-corrected chi connectivity index (χ2v) is 15.4. The van der Waals surface area contributed by atoms with E-state index in [-0.39, 0.29) is 49.3 Å². The van der Waals surface area contributed by atoms with Crippen LogP contribution in [0.15, 0.2) is 65.8 Å². The lowest BCUT2D eigenvalue weighted by Crippen LogP contribution is -2.68. The van der Waals surface area contributed by atoms with Gasteiger partial charge in [0, 0.05) is 13.1 Å². The van der Waals surface area contributed by atoms with Crippen molar-refractivity contribution in [2.24, 2.45) is 28.6 Å². The zero-order valence-electron chi connectivity index (χ0n) is 31.8. The molecule has 2 aromatic carbocycles. The Morgan fingerprint density at radius 2 is 1.51 bits per heavy atom. The first-order valence-electron chi connectivity index (χ1n) is 18.7. The minimum atomic E-state index is -1.87. The lowest BCUT2D eigenvalue weighted by molar-refractivity contribution is -0.142. The van der Waals surface area contributed by atoms with Gasteiger partial charge >= 0.3 is 0 Å². The molecule has 2 saturated heterocycles. The van der Waals surface area contributed by atoms with Gasteiger partial charge in [0.05, 0.1) is 38.3 Å². The van der Waals surface area contributed by atoms with E-state index in [0.29, 0.717) is 45.8 Å². The lowest BCUT2D eigenvalue weighted by Gasteiger charge is -2.41. The molecule has 0 aliphatic carbocycles. The fraction of sp³-hybridized carbons (Fsp3) is 0.575. The summed E-state index contributed by atoms with van der Waals surface area (Å²) in [5.41, 5.74) is 5.60. The Bertz CT molecular complexity index is 1540. The summed E-state index contributed by atoms with van der Waals surface area (Å²) in [4.78, 5) is 58.7. The molecule has 4 rings (SSSR count). The quantitative estimate of drug-likeness (QED) is 0.0595. The number of primary amides is 1. The molecule has 5 atom stereocenters. The van der Waals surface area contributed by atoms with Gasteiger partial charge in [-0.2, -0.15) is 0 Å². The summed E-state index contributed by atoms with van der Waals surface area (Å²) in [5.74, 6) is -3.64. The highest BCUT2D eigenvalue weighted by atomic mass is 16.6. The molecule has 290 valence electrons. The fourth-order valence-corrected chi connectivity index (χ4v) is 7.12. The molecule has 0 bridgehead atoms. The number of amides is 4. The Labute approximate surface area is 313 Å². The van der Waals surface area contributed by atoms with Crippen molar-refractivity contribution >= 4 is 29.3 Å². The SMILES string of the molecule is CC(C)C[C@H](NC(=O)[C@@H](Cc1ccccc1)C(CC(C)C)(NC(=O)[C@H](CCc1ccccc1)NC(=O)CN1CCOCC1)C(N)=O)/C(=N/O)[C@@]1(C)CO1. The molecule has 2 heterocycles. The van der Waals surface area contributed by atoms with Gasteiger partial charge in [-0.1, -0.05) is 93.5 Å². The van der Waals surface area contributed by atoms with Crippen LogP contribution in [0.4, 0.5) is 0 Å². The van der Waals surface area contributed by atoms with Gasteiger partial charge < -0.3 is 36.4 Å². The molecule has 2 aromatic rings. The molecular formula is C40H58N6O7. The van der Waals surface area contributed by atoms with Gasteiger partial charge in [0.1, 0.15) is 22.9 Å². The molecule has 0 saturated carbocycles. The average Bonchev–Trinajstić information content (AvgIpc) is 3.86. The van der Waals surface area contributed by atoms with Crippen LogP contribution in [0.3, 0.4) is 0 Å². The number of hydrogen-bond acceptors (Lipinski definition) is 9. The highest BCUT2D eigenvalue weighted by Crippen LogP contribution is 2.33. The summed E-state index contributed by atoms with van der Waals surface area (Å²) in [7, 11) is 0. The Morgan fingerprint density at radius 1 is 0.906 bits per heavy atom. The first kappa shape index (κ1) is 41.4. The molecule has 13 nitrogen and oxygen atoms in total. The highest BCUT2D eigenvalue weighted by Gasteiger charge is 2.52. The molecule has 2 fully saturated rings. The molecule has 2 aliphatic heterocycles. The smallest absolute Gasteiger partial charge is 0.244 e. The van der Waals surface area contributed by atoms with Gasteiger partial charge in [-0.15, -0.1) is 0 Å². The van der Waals surface area contributed by atoms with Crippen molar-refractivity contribution < 1.29 is 33.9 Å². The van der Waals surface area contributed by atoms with Gasteiger partial charge in [-0.05, 0) is 62.0 Å². The maximum absolute atomic E-state index is 14.8. The molecule has 6 N–H and O–H groups in total. The van der Waals surface area contributed by atoms with E-state index in [1.165, 1.54) is 0 Å². The number of morpholine rings is 1. The number of nitrogens with two attached hydrogens (primary N) is 1. The van der Waals surface area contributed by atoms with E-state index < -0.39 is 46.9 Å². The molecule has 0 radical (unpaired) electrons. The van der Waals surface area contributed by atoms with Crippen LogP contribution in [0, 0.1) is 17.8 Å². The van der Waals surface area contributed by atoms with E-state index >= 15 is 0 Å². The standard InChI is InChI=1S/C40H58N6O7/c1-27(2)22-33(35(45-51)39(5)26-53-39)43-36(48)31(23-30-14-10-7-11-15-30)40(38(41)50,24-28(3)4)44-37(49)32(17-16-29-12-8-6-9-13-29)42-34(47)25-46-18-20-52-21-19-46/h6-15,27-28,31-33,51H,16-26H2,1-5H3,(H2,41,50)(H,42,47)(H,43,48)(H,44,49)/b45-35-/t31-,32+,33+,39-,40?/m1/s1. The van der Waals surface area contributed by atoms with E-state index in [1.54, 1.807) is 6.92 Å². The topological polar surface area (TPSA) is 188 Å². The van der Waals surface area contributed by atoms with Gasteiger partial charge in [-0.3, -0.25) is 24.1 Å². The van der Waals surface area contributed by atoms with Crippen LogP contribution in [0.25, 0.3) is 0 Å². The van der Waals surface area contributed by atoms with Crippen molar-refractivity contribution in [1.29, 1.82) is 0 Å². The number of epoxide rings is 1. The fourth-order valence-electron chi connectivity index (χ4n) is 7.12. The third-order valence-electron chi connectivity index (χ3n) is 9.98. The van der Waals surface area contributed by atoms with E-state index in [9.17, 15) is 24.4 Å². The molecule has 1 unspecified atom stereocenters. The largest absolute Gasteiger partial charge is 0.411 e. The molecule has 2 aliphatic rings. The van der Waals surface area contributed by atoms with Crippen molar-refractivity contribution in [2.75, 3.05) is 39.5 Å². The van der Waals surface area contributed by atoms with Gasteiger partial charge in [0.2, 0.25) is 23.6 Å². The van der Waals surface area contributed by atoms with Gasteiger partial charge in [0.15, 0.2) is 0 Å². The number of oxime groups is 1. The average molecular weight is 735 g/mol. The molecule has 0 spiro atoms. The number of carbonyl (C=O) groups is 4. The number of rotatable bonds is 20. The van der Waals surface area contributed by atoms with Crippen molar-refractivity contribution in [3.05, 3.63) is 71.8 Å². The molecule has 4 amide bonds. The molecule has 0 aromatic heterocycles. The second-order valence-electron chi connectivity index (χ2n) is 15.4. The number of hydrogen-bond donors (Lipinski definition) is 5. The Balaban J connectivity index is 1.72. The summed E-state index contributed by atoms with van der Waals surface area (Å²) >= 11 is 0. The predicted molar refractivity (Wildman–Crippen MR) is 202 cm³/mol. The monoisotopic (exact) mass is 734 g/mol. The molecule has 53 heavy (non-hydrogen) atoms. The summed E-state index contributed by atoms with van der Waals surface area (Å²) in [5, 5.41) is 22.7. The number of ether oxygens (including phenoxy) is 2. The van der Waals surface area contributed by atoms with Crippen LogP contribution < -0.4 is 21.7 Å². The van der Waals surface area contributed by atoms with Crippen LogP contribution in [0.5, 0.6) is 0 Å². The Hall–Kier alpha value is -4.33. The Morgan fingerprint density at radius 3 is 2.04 bits per heavy atom. The molecule has 13 heteroatoms. The number of benzene rings is 2. The van der Waals surface area contributed by atoms with Crippen LogP contribution in [0.2, 0.25) is 0 Å². The van der Waals surface area contributed by atoms with Crippen molar-refractivity contribution in [1.82, 2.24) is 20.9 Å². The van der Waals surface area contributed by atoms with Crippen LogP contribution in [-0.2, 0) is 41.5 Å². The first-order valence-corrected chi connectivity index (χ1v) is 18.7. The van der Waals surface area contributed by atoms with Gasteiger partial charge in [0.25, 0.3) is 0 Å². The Kier molecular flexibility index (Phi) is 15.0. The maximum atomic E-state index is 14.8.